The number of hydrogen-bond acceptors (Lipinski definition) is 2. The van der Waals surface area contributed by atoms with Crippen molar-refractivity contribution in [2.45, 2.75) is 0 Å². The zero-order chi connectivity index (χ0) is 13.1. The molecule has 0 aliphatic carbocycles. The number of benzene rings is 2. The third-order valence-electron chi connectivity index (χ3n) is 2.46. The Morgan fingerprint density at radius 3 is 2.61 bits per heavy atom. The van der Waals surface area contributed by atoms with Gasteiger partial charge in [0.15, 0.2) is 5.78 Å². The standard InChI is InChI=1S/C14H7BrFNO/c15-10-4-1-3-9(7-10)14(18)11-5-2-6-13(16)12(11)8-17/h1-7H. The lowest BCUT2D eigenvalue weighted by Gasteiger charge is -2.04. The fourth-order valence-corrected chi connectivity index (χ4v) is 2.01. The summed E-state index contributed by atoms with van der Waals surface area (Å²) in [5.74, 6) is -1.05. The first-order chi connectivity index (χ1) is 8.63. The molecule has 2 aromatic rings. The Balaban J connectivity index is 2.54. The van der Waals surface area contributed by atoms with E-state index >= 15 is 0 Å². The van der Waals surface area contributed by atoms with Gasteiger partial charge in [0.1, 0.15) is 11.9 Å². The molecule has 0 spiro atoms. The summed E-state index contributed by atoms with van der Waals surface area (Å²) in [6.07, 6.45) is 0. The molecule has 0 unspecified atom stereocenters. The average Bonchev–Trinajstić information content (AvgIpc) is 2.37. The highest BCUT2D eigenvalue weighted by Gasteiger charge is 2.16. The van der Waals surface area contributed by atoms with Crippen LogP contribution < -0.4 is 0 Å². The van der Waals surface area contributed by atoms with E-state index < -0.39 is 5.82 Å². The Kier molecular flexibility index (Phi) is 3.54. The van der Waals surface area contributed by atoms with Crippen LogP contribution in [-0.2, 0) is 0 Å². The van der Waals surface area contributed by atoms with E-state index in [0.29, 0.717) is 5.56 Å². The van der Waals surface area contributed by atoms with Crippen LogP contribution in [0.3, 0.4) is 0 Å². The Bertz CT molecular complexity index is 661. The Morgan fingerprint density at radius 2 is 1.94 bits per heavy atom. The third kappa shape index (κ3) is 2.31. The molecule has 0 radical (unpaired) electrons. The minimum Gasteiger partial charge on any atom is -0.289 e. The molecule has 2 aromatic carbocycles. The number of nitrogens with zero attached hydrogens (tertiary/aromatic N) is 1. The number of rotatable bonds is 2. The molecule has 0 aliphatic rings. The Morgan fingerprint density at radius 1 is 1.22 bits per heavy atom. The van der Waals surface area contributed by atoms with Crippen LogP contribution in [0, 0.1) is 17.1 Å². The second-order valence-electron chi connectivity index (χ2n) is 3.61. The molecule has 0 aromatic heterocycles. The zero-order valence-electron chi connectivity index (χ0n) is 9.15. The van der Waals surface area contributed by atoms with E-state index in [-0.39, 0.29) is 16.9 Å². The van der Waals surface area contributed by atoms with Crippen molar-refractivity contribution in [3.63, 3.8) is 0 Å². The molecule has 0 amide bonds. The van der Waals surface area contributed by atoms with Gasteiger partial charge in [-0.05, 0) is 24.3 Å². The minimum absolute atomic E-state index is 0.0793. The molecule has 0 saturated carbocycles. The lowest BCUT2D eigenvalue weighted by molar-refractivity contribution is 0.103. The first-order valence-corrected chi connectivity index (χ1v) is 5.91. The summed E-state index contributed by atoms with van der Waals surface area (Å²) in [7, 11) is 0. The van der Waals surface area contributed by atoms with Crippen LogP contribution in [0.4, 0.5) is 4.39 Å². The summed E-state index contributed by atoms with van der Waals surface area (Å²) in [5.41, 5.74) is 0.268. The van der Waals surface area contributed by atoms with Crippen LogP contribution in [0.2, 0.25) is 0 Å². The van der Waals surface area contributed by atoms with Gasteiger partial charge in [-0.3, -0.25) is 4.79 Å². The highest BCUT2D eigenvalue weighted by molar-refractivity contribution is 9.10. The summed E-state index contributed by atoms with van der Waals surface area (Å²) in [6.45, 7) is 0. The summed E-state index contributed by atoms with van der Waals surface area (Å²) < 4.78 is 14.2. The van der Waals surface area contributed by atoms with E-state index in [1.807, 2.05) is 0 Å². The molecule has 0 heterocycles. The molecule has 18 heavy (non-hydrogen) atoms. The van der Waals surface area contributed by atoms with Crippen molar-refractivity contribution in [2.75, 3.05) is 0 Å². The fraction of sp³-hybridized carbons (Fsp3) is 0. The van der Waals surface area contributed by atoms with Crippen LogP contribution in [-0.4, -0.2) is 5.78 Å². The number of nitriles is 1. The van der Waals surface area contributed by atoms with Crippen LogP contribution >= 0.6 is 15.9 Å². The van der Waals surface area contributed by atoms with Gasteiger partial charge >= 0.3 is 0 Å². The normalized spacial score (nSPS) is 9.83. The van der Waals surface area contributed by atoms with Crippen LogP contribution in [0.25, 0.3) is 0 Å². The summed E-state index contributed by atoms with van der Waals surface area (Å²) >= 11 is 3.26. The Hall–Kier alpha value is -1.99. The average molecular weight is 304 g/mol. The first-order valence-electron chi connectivity index (χ1n) is 5.12. The van der Waals surface area contributed by atoms with Crippen LogP contribution in [0.5, 0.6) is 0 Å². The molecule has 0 fully saturated rings. The topological polar surface area (TPSA) is 40.9 Å². The lowest BCUT2D eigenvalue weighted by Crippen LogP contribution is -2.05. The maximum Gasteiger partial charge on any atom is 0.194 e. The van der Waals surface area contributed by atoms with Gasteiger partial charge in [0.25, 0.3) is 0 Å². The largest absolute Gasteiger partial charge is 0.289 e. The third-order valence-corrected chi connectivity index (χ3v) is 2.95. The maximum absolute atomic E-state index is 13.4. The highest BCUT2D eigenvalue weighted by atomic mass is 79.9. The van der Waals surface area contributed by atoms with Gasteiger partial charge in [0.2, 0.25) is 0 Å². The molecule has 0 aliphatic heterocycles. The highest BCUT2D eigenvalue weighted by Crippen LogP contribution is 2.19. The molecule has 2 nitrogen and oxygen atoms in total. The minimum atomic E-state index is -0.682. The molecular formula is C14H7BrFNO. The number of halogens is 2. The van der Waals surface area contributed by atoms with Crippen molar-refractivity contribution in [1.29, 1.82) is 5.26 Å². The van der Waals surface area contributed by atoms with Crippen molar-refractivity contribution in [3.05, 3.63) is 69.4 Å². The molecule has 2 rings (SSSR count). The van der Waals surface area contributed by atoms with Gasteiger partial charge in [0, 0.05) is 15.6 Å². The summed E-state index contributed by atoms with van der Waals surface area (Å²) in [5, 5.41) is 8.90. The quantitative estimate of drug-likeness (QED) is 0.794. The molecule has 0 atom stereocenters. The van der Waals surface area contributed by atoms with Gasteiger partial charge in [-0.2, -0.15) is 5.26 Å². The molecule has 4 heteroatoms. The van der Waals surface area contributed by atoms with Gasteiger partial charge < -0.3 is 0 Å². The summed E-state index contributed by atoms with van der Waals surface area (Å²) in [4.78, 5) is 12.2. The van der Waals surface area contributed by atoms with E-state index in [4.69, 9.17) is 5.26 Å². The van der Waals surface area contributed by atoms with Gasteiger partial charge in [-0.25, -0.2) is 4.39 Å². The molecule has 0 bridgehead atoms. The van der Waals surface area contributed by atoms with Gasteiger partial charge in [-0.15, -0.1) is 0 Å². The Labute approximate surface area is 112 Å². The van der Waals surface area contributed by atoms with Crippen molar-refractivity contribution in [3.8, 4) is 6.07 Å². The molecule has 88 valence electrons. The zero-order valence-corrected chi connectivity index (χ0v) is 10.7. The first kappa shape index (κ1) is 12.5. The maximum atomic E-state index is 13.4. The van der Waals surface area contributed by atoms with Crippen LogP contribution in [0.1, 0.15) is 21.5 Å². The SMILES string of the molecule is N#Cc1c(F)cccc1C(=O)c1cccc(Br)c1. The number of ketones is 1. The van der Waals surface area contributed by atoms with E-state index in [2.05, 4.69) is 15.9 Å². The second-order valence-corrected chi connectivity index (χ2v) is 4.53. The predicted molar refractivity (Wildman–Crippen MR) is 68.7 cm³/mol. The van der Waals surface area contributed by atoms with Crippen molar-refractivity contribution < 1.29 is 9.18 Å². The monoisotopic (exact) mass is 303 g/mol. The van der Waals surface area contributed by atoms with Gasteiger partial charge in [0.05, 0.1) is 5.56 Å². The smallest absolute Gasteiger partial charge is 0.194 e. The lowest BCUT2D eigenvalue weighted by atomic mass is 9.99. The van der Waals surface area contributed by atoms with Crippen LogP contribution in [0.15, 0.2) is 46.9 Å². The number of hydrogen-bond donors (Lipinski definition) is 0. The van der Waals surface area contributed by atoms with Crippen molar-refractivity contribution in [1.82, 2.24) is 0 Å². The van der Waals surface area contributed by atoms with Gasteiger partial charge in [-0.1, -0.05) is 34.1 Å². The van der Waals surface area contributed by atoms with E-state index in [0.717, 1.165) is 10.5 Å². The summed E-state index contributed by atoms with van der Waals surface area (Å²) in [6, 6.07) is 12.5. The fourth-order valence-electron chi connectivity index (χ4n) is 1.61. The van der Waals surface area contributed by atoms with Crippen molar-refractivity contribution >= 4 is 21.7 Å². The van der Waals surface area contributed by atoms with Crippen molar-refractivity contribution in [2.24, 2.45) is 0 Å². The van der Waals surface area contributed by atoms with E-state index in [1.165, 1.54) is 12.1 Å². The van der Waals surface area contributed by atoms with E-state index in [9.17, 15) is 9.18 Å². The number of carbonyl (C=O) groups is 1. The molecule has 0 N–H and O–H groups in total. The molecule has 0 saturated heterocycles. The number of carbonyl (C=O) groups excluding carboxylic acids is 1. The predicted octanol–water partition coefficient (Wildman–Crippen LogP) is 3.69. The second kappa shape index (κ2) is 5.11. The molecular weight excluding hydrogens is 297 g/mol. The van der Waals surface area contributed by atoms with E-state index in [1.54, 1.807) is 30.3 Å².